The molecule has 0 bridgehead atoms. The predicted molar refractivity (Wildman–Crippen MR) is 55.1 cm³/mol. The van der Waals surface area contributed by atoms with Crippen molar-refractivity contribution in [1.29, 1.82) is 0 Å². The van der Waals surface area contributed by atoms with E-state index in [1.165, 1.54) is 5.56 Å². The average Bonchev–Trinajstić information content (AvgIpc) is 2.65. The van der Waals surface area contributed by atoms with E-state index in [1.807, 2.05) is 31.2 Å². The summed E-state index contributed by atoms with van der Waals surface area (Å²) >= 11 is 0. The number of benzene rings is 1. The number of hydrogen-bond donors (Lipinski definition) is 0. The van der Waals surface area contributed by atoms with E-state index in [0.29, 0.717) is 12.2 Å². The van der Waals surface area contributed by atoms with Gasteiger partial charge in [0.1, 0.15) is 0 Å². The summed E-state index contributed by atoms with van der Waals surface area (Å²) in [6.07, 6.45) is 4.97. The van der Waals surface area contributed by atoms with E-state index >= 15 is 0 Å². The van der Waals surface area contributed by atoms with Gasteiger partial charge in [-0.15, -0.1) is 0 Å². The highest BCUT2D eigenvalue weighted by atomic mass is 16.5. The van der Waals surface area contributed by atoms with Gasteiger partial charge in [0.05, 0.1) is 12.2 Å². The Morgan fingerprint density at radius 3 is 3.14 bits per heavy atom. The Labute approximate surface area is 83.2 Å². The van der Waals surface area contributed by atoms with Crippen LogP contribution in [0.15, 0.2) is 24.3 Å². The first kappa shape index (κ1) is 9.00. The van der Waals surface area contributed by atoms with Gasteiger partial charge in [-0.25, -0.2) is 4.79 Å². The molecule has 0 aliphatic heterocycles. The molecule has 72 valence electrons. The van der Waals surface area contributed by atoms with Crippen molar-refractivity contribution in [2.75, 3.05) is 6.61 Å². The maximum absolute atomic E-state index is 11.5. The second kappa shape index (κ2) is 3.66. The van der Waals surface area contributed by atoms with Gasteiger partial charge < -0.3 is 4.74 Å². The van der Waals surface area contributed by atoms with Crippen molar-refractivity contribution < 1.29 is 9.53 Å². The molecule has 0 aromatic heterocycles. The summed E-state index contributed by atoms with van der Waals surface area (Å²) in [6, 6.07) is 5.75. The van der Waals surface area contributed by atoms with Gasteiger partial charge >= 0.3 is 5.97 Å². The molecule has 0 radical (unpaired) electrons. The molecule has 0 fully saturated rings. The van der Waals surface area contributed by atoms with E-state index in [1.54, 1.807) is 0 Å². The van der Waals surface area contributed by atoms with Gasteiger partial charge in [0.25, 0.3) is 0 Å². The molecular weight excluding hydrogens is 176 g/mol. The molecule has 2 nitrogen and oxygen atoms in total. The van der Waals surface area contributed by atoms with E-state index in [0.717, 1.165) is 12.0 Å². The molecule has 1 aliphatic rings. The zero-order chi connectivity index (χ0) is 9.97. The summed E-state index contributed by atoms with van der Waals surface area (Å²) in [6.45, 7) is 2.24. The van der Waals surface area contributed by atoms with Crippen LogP contribution in [0, 0.1) is 0 Å². The highest BCUT2D eigenvalue weighted by molar-refractivity contribution is 5.94. The highest BCUT2D eigenvalue weighted by Gasteiger charge is 2.15. The molecule has 0 amide bonds. The average molecular weight is 188 g/mol. The lowest BCUT2D eigenvalue weighted by Gasteiger charge is -2.06. The van der Waals surface area contributed by atoms with Crippen molar-refractivity contribution in [2.45, 2.75) is 13.3 Å². The Morgan fingerprint density at radius 2 is 2.36 bits per heavy atom. The number of allylic oxidation sites excluding steroid dienone is 1. The highest BCUT2D eigenvalue weighted by Crippen LogP contribution is 2.23. The number of carbonyl (C=O) groups excluding carboxylic acids is 1. The quantitative estimate of drug-likeness (QED) is 0.666. The fraction of sp³-hybridized carbons (Fsp3) is 0.250. The summed E-state index contributed by atoms with van der Waals surface area (Å²) in [5.41, 5.74) is 2.90. The van der Waals surface area contributed by atoms with Crippen LogP contribution in [0.25, 0.3) is 6.08 Å². The minimum Gasteiger partial charge on any atom is -0.462 e. The zero-order valence-electron chi connectivity index (χ0n) is 8.12. The maximum atomic E-state index is 11.5. The fourth-order valence-corrected chi connectivity index (χ4v) is 1.68. The standard InChI is InChI=1S/C12H12O2/c1-2-14-12(13)11-8-4-6-9-5-3-7-10(9)11/h3-4,6-8H,2,5H2,1H3. The Bertz CT molecular complexity index is 391. The van der Waals surface area contributed by atoms with Crippen LogP contribution in [0.2, 0.25) is 0 Å². The van der Waals surface area contributed by atoms with Crippen LogP contribution in [0.4, 0.5) is 0 Å². The molecule has 1 aromatic rings. The van der Waals surface area contributed by atoms with Crippen molar-refractivity contribution in [3.05, 3.63) is 41.0 Å². The van der Waals surface area contributed by atoms with Gasteiger partial charge in [-0.05, 0) is 30.5 Å². The van der Waals surface area contributed by atoms with Crippen LogP contribution in [0.3, 0.4) is 0 Å². The van der Waals surface area contributed by atoms with Crippen LogP contribution in [-0.4, -0.2) is 12.6 Å². The number of esters is 1. The molecule has 0 unspecified atom stereocenters. The summed E-state index contributed by atoms with van der Waals surface area (Å²) in [7, 11) is 0. The van der Waals surface area contributed by atoms with E-state index < -0.39 is 0 Å². The smallest absolute Gasteiger partial charge is 0.338 e. The lowest BCUT2D eigenvalue weighted by atomic mass is 10.0. The fourth-order valence-electron chi connectivity index (χ4n) is 1.68. The molecular formula is C12H12O2. The molecule has 0 saturated carbocycles. The monoisotopic (exact) mass is 188 g/mol. The Hall–Kier alpha value is -1.57. The summed E-state index contributed by atoms with van der Waals surface area (Å²) in [5, 5.41) is 0. The molecule has 0 saturated heterocycles. The Morgan fingerprint density at radius 1 is 1.50 bits per heavy atom. The molecule has 2 heteroatoms. The number of hydrogen-bond acceptors (Lipinski definition) is 2. The lowest BCUT2D eigenvalue weighted by Crippen LogP contribution is -2.06. The molecule has 1 aromatic carbocycles. The number of fused-ring (bicyclic) bond motifs is 1. The Kier molecular flexibility index (Phi) is 2.35. The van der Waals surface area contributed by atoms with Crippen molar-refractivity contribution in [3.63, 3.8) is 0 Å². The molecule has 0 heterocycles. The van der Waals surface area contributed by atoms with Crippen molar-refractivity contribution >= 4 is 12.0 Å². The first-order valence-electron chi connectivity index (χ1n) is 4.78. The van der Waals surface area contributed by atoms with Crippen LogP contribution in [-0.2, 0) is 11.2 Å². The van der Waals surface area contributed by atoms with E-state index in [4.69, 9.17) is 4.74 Å². The first-order valence-corrected chi connectivity index (χ1v) is 4.78. The predicted octanol–water partition coefficient (Wildman–Crippen LogP) is 2.43. The zero-order valence-corrected chi connectivity index (χ0v) is 8.12. The minimum absolute atomic E-state index is 0.226. The maximum Gasteiger partial charge on any atom is 0.338 e. The molecule has 1 aliphatic carbocycles. The Balaban J connectivity index is 2.39. The van der Waals surface area contributed by atoms with Gasteiger partial charge in [0.15, 0.2) is 0 Å². The van der Waals surface area contributed by atoms with E-state index in [9.17, 15) is 4.79 Å². The number of rotatable bonds is 2. The van der Waals surface area contributed by atoms with Gasteiger partial charge in [0.2, 0.25) is 0 Å². The van der Waals surface area contributed by atoms with Gasteiger partial charge in [-0.2, -0.15) is 0 Å². The van der Waals surface area contributed by atoms with Crippen LogP contribution >= 0.6 is 0 Å². The van der Waals surface area contributed by atoms with Gasteiger partial charge in [0, 0.05) is 0 Å². The summed E-state index contributed by atoms with van der Waals surface area (Å²) in [4.78, 5) is 11.5. The molecule has 0 N–H and O–H groups in total. The molecule has 0 spiro atoms. The third-order valence-corrected chi connectivity index (χ3v) is 2.31. The van der Waals surface area contributed by atoms with Crippen molar-refractivity contribution in [1.82, 2.24) is 0 Å². The minimum atomic E-state index is -0.226. The third-order valence-electron chi connectivity index (χ3n) is 2.31. The number of carbonyl (C=O) groups is 1. The first-order chi connectivity index (χ1) is 6.83. The van der Waals surface area contributed by atoms with Crippen molar-refractivity contribution in [2.24, 2.45) is 0 Å². The molecule has 2 rings (SSSR count). The van der Waals surface area contributed by atoms with E-state index in [-0.39, 0.29) is 5.97 Å². The molecule has 0 atom stereocenters. The third kappa shape index (κ3) is 1.43. The number of ether oxygens (including phenoxy) is 1. The molecule has 14 heavy (non-hydrogen) atoms. The second-order valence-corrected chi connectivity index (χ2v) is 3.21. The summed E-state index contributed by atoms with van der Waals surface area (Å²) < 4.78 is 4.98. The van der Waals surface area contributed by atoms with E-state index in [2.05, 4.69) is 6.08 Å². The van der Waals surface area contributed by atoms with Crippen LogP contribution in [0.5, 0.6) is 0 Å². The summed E-state index contributed by atoms with van der Waals surface area (Å²) in [5.74, 6) is -0.226. The van der Waals surface area contributed by atoms with Gasteiger partial charge in [-0.1, -0.05) is 24.3 Å². The lowest BCUT2D eigenvalue weighted by molar-refractivity contribution is 0.0526. The van der Waals surface area contributed by atoms with Gasteiger partial charge in [-0.3, -0.25) is 0 Å². The second-order valence-electron chi connectivity index (χ2n) is 3.21. The van der Waals surface area contributed by atoms with Crippen LogP contribution < -0.4 is 0 Å². The largest absolute Gasteiger partial charge is 0.462 e. The van der Waals surface area contributed by atoms with Crippen LogP contribution in [0.1, 0.15) is 28.4 Å². The van der Waals surface area contributed by atoms with Crippen molar-refractivity contribution in [3.8, 4) is 0 Å². The normalized spacial score (nSPS) is 12.6. The SMILES string of the molecule is CCOC(=O)c1cccc2c1C=CC2. The topological polar surface area (TPSA) is 26.3 Å².